The largest absolute Gasteiger partial charge is 0.309 e. The van der Waals surface area contributed by atoms with Crippen LogP contribution >= 0.6 is 0 Å². The van der Waals surface area contributed by atoms with Gasteiger partial charge in [0.05, 0.1) is 27.6 Å². The van der Waals surface area contributed by atoms with Gasteiger partial charge in [0, 0.05) is 55.6 Å². The number of hydrogen-bond donors (Lipinski definition) is 0. The van der Waals surface area contributed by atoms with E-state index in [1.165, 1.54) is 54.5 Å². The van der Waals surface area contributed by atoms with Crippen LogP contribution in [0.2, 0.25) is 0 Å². The van der Waals surface area contributed by atoms with E-state index >= 15 is 0 Å². The van der Waals surface area contributed by atoms with Gasteiger partial charge >= 0.3 is 0 Å². The molecule has 11 aromatic rings. The normalized spacial score (nSPS) is 11.9. The molecule has 4 heterocycles. The predicted molar refractivity (Wildman–Crippen MR) is 213 cm³/mol. The Morgan fingerprint density at radius 2 is 0.863 bits per heavy atom. The molecular weight excluding hydrogens is 621 g/mol. The minimum Gasteiger partial charge on any atom is -0.309 e. The van der Waals surface area contributed by atoms with Crippen LogP contribution in [0.1, 0.15) is 0 Å². The van der Waals surface area contributed by atoms with Crippen molar-refractivity contribution in [2.45, 2.75) is 0 Å². The lowest BCUT2D eigenvalue weighted by atomic mass is 10.0. The van der Waals surface area contributed by atoms with Gasteiger partial charge in [0.25, 0.3) is 0 Å². The maximum Gasteiger partial charge on any atom is 0.145 e. The van der Waals surface area contributed by atoms with E-state index in [4.69, 9.17) is 4.98 Å². The third kappa shape index (κ3) is 4.05. The van der Waals surface area contributed by atoms with Crippen molar-refractivity contribution in [3.8, 4) is 28.2 Å². The van der Waals surface area contributed by atoms with Crippen molar-refractivity contribution >= 4 is 65.5 Å². The van der Waals surface area contributed by atoms with Crippen LogP contribution in [-0.2, 0) is 0 Å². The van der Waals surface area contributed by atoms with Crippen molar-refractivity contribution in [3.05, 3.63) is 182 Å². The fourth-order valence-electron chi connectivity index (χ4n) is 8.34. The Morgan fingerprint density at radius 3 is 1.55 bits per heavy atom. The number of para-hydroxylation sites is 4. The van der Waals surface area contributed by atoms with Gasteiger partial charge in [-0.05, 0) is 83.9 Å². The molecule has 11 rings (SSSR count). The summed E-state index contributed by atoms with van der Waals surface area (Å²) in [6.07, 6.45) is 1.90. The van der Waals surface area contributed by atoms with Gasteiger partial charge < -0.3 is 9.13 Å². The number of pyridine rings is 1. The first-order chi connectivity index (χ1) is 25.3. The van der Waals surface area contributed by atoms with E-state index in [1.807, 2.05) is 12.3 Å². The second-order valence-corrected chi connectivity index (χ2v) is 13.2. The zero-order valence-corrected chi connectivity index (χ0v) is 27.6. The summed E-state index contributed by atoms with van der Waals surface area (Å²) in [6.45, 7) is 0. The Balaban J connectivity index is 1.16. The summed E-state index contributed by atoms with van der Waals surface area (Å²) >= 11 is 0. The summed E-state index contributed by atoms with van der Waals surface area (Å²) in [5.41, 5.74) is 12.6. The molecule has 0 aliphatic rings. The van der Waals surface area contributed by atoms with Crippen LogP contribution in [0, 0.1) is 0 Å². The van der Waals surface area contributed by atoms with Gasteiger partial charge in [0.2, 0.25) is 0 Å². The molecule has 7 aromatic carbocycles. The monoisotopic (exact) mass is 650 g/mol. The van der Waals surface area contributed by atoms with Crippen molar-refractivity contribution in [2.75, 3.05) is 0 Å². The van der Waals surface area contributed by atoms with Gasteiger partial charge in [-0.15, -0.1) is 0 Å². The van der Waals surface area contributed by atoms with E-state index in [-0.39, 0.29) is 0 Å². The van der Waals surface area contributed by atoms with Crippen molar-refractivity contribution in [3.63, 3.8) is 0 Å². The molecule has 0 spiro atoms. The number of nitrogens with zero attached hydrogens (tertiary/aromatic N) is 4. The Bertz CT molecular complexity index is 3090. The Labute approximate surface area is 293 Å². The lowest BCUT2D eigenvalue weighted by Crippen LogP contribution is -1.97. The molecule has 0 N–H and O–H groups in total. The van der Waals surface area contributed by atoms with Gasteiger partial charge in [-0.25, -0.2) is 4.98 Å². The summed E-state index contributed by atoms with van der Waals surface area (Å²) in [5, 5.41) is 7.31. The summed E-state index contributed by atoms with van der Waals surface area (Å²) in [5.74, 6) is 0. The summed E-state index contributed by atoms with van der Waals surface area (Å²) in [4.78, 5) is 5.01. The SMILES string of the molecule is c1ccc(-n2c3ccccc3c3c2ccc2c4cccnc4n(-c4cccc(-c5cccc(-n6c7ccccc7c7ccccc76)c5)c4)c23)cc1. The van der Waals surface area contributed by atoms with E-state index in [1.54, 1.807) is 0 Å². The second kappa shape index (κ2) is 10.8. The quantitative estimate of drug-likeness (QED) is 0.186. The molecule has 0 aliphatic carbocycles. The molecule has 0 saturated carbocycles. The van der Waals surface area contributed by atoms with Crippen LogP contribution in [0.15, 0.2) is 182 Å². The first-order valence-corrected chi connectivity index (χ1v) is 17.4. The Morgan fingerprint density at radius 1 is 0.333 bits per heavy atom. The molecule has 0 fully saturated rings. The fourth-order valence-corrected chi connectivity index (χ4v) is 8.34. The summed E-state index contributed by atoms with van der Waals surface area (Å²) in [6, 6.07) is 63.4. The lowest BCUT2D eigenvalue weighted by Gasteiger charge is -2.13. The summed E-state index contributed by atoms with van der Waals surface area (Å²) in [7, 11) is 0. The zero-order valence-electron chi connectivity index (χ0n) is 27.6. The van der Waals surface area contributed by atoms with Crippen molar-refractivity contribution < 1.29 is 0 Å². The topological polar surface area (TPSA) is 27.7 Å². The smallest absolute Gasteiger partial charge is 0.145 e. The highest BCUT2D eigenvalue weighted by molar-refractivity contribution is 6.25. The maximum atomic E-state index is 5.01. The van der Waals surface area contributed by atoms with Crippen LogP contribution in [0.5, 0.6) is 0 Å². The van der Waals surface area contributed by atoms with Crippen LogP contribution in [0.4, 0.5) is 0 Å². The van der Waals surface area contributed by atoms with E-state index in [2.05, 4.69) is 184 Å². The average Bonchev–Trinajstić information content (AvgIpc) is 3.84. The molecule has 238 valence electrons. The van der Waals surface area contributed by atoms with Crippen molar-refractivity contribution in [1.29, 1.82) is 0 Å². The molecule has 4 aromatic heterocycles. The zero-order chi connectivity index (χ0) is 33.5. The molecule has 0 aliphatic heterocycles. The third-order valence-corrected chi connectivity index (χ3v) is 10.5. The van der Waals surface area contributed by atoms with Gasteiger partial charge in [-0.2, -0.15) is 0 Å². The predicted octanol–water partition coefficient (Wildman–Crippen LogP) is 12.0. The van der Waals surface area contributed by atoms with Crippen LogP contribution in [-0.4, -0.2) is 18.7 Å². The van der Waals surface area contributed by atoms with Crippen molar-refractivity contribution in [2.24, 2.45) is 0 Å². The molecule has 0 unspecified atom stereocenters. The number of aromatic nitrogens is 4. The number of hydrogen-bond acceptors (Lipinski definition) is 1. The molecule has 0 saturated heterocycles. The highest BCUT2D eigenvalue weighted by Crippen LogP contribution is 2.42. The van der Waals surface area contributed by atoms with Crippen LogP contribution < -0.4 is 0 Å². The number of rotatable bonds is 4. The molecule has 0 atom stereocenters. The Hall–Kier alpha value is -6.91. The molecule has 4 nitrogen and oxygen atoms in total. The Kier molecular flexibility index (Phi) is 5.92. The number of benzene rings is 7. The van der Waals surface area contributed by atoms with Crippen LogP contribution in [0.3, 0.4) is 0 Å². The van der Waals surface area contributed by atoms with E-state index < -0.39 is 0 Å². The average molecular weight is 651 g/mol. The maximum absolute atomic E-state index is 5.01. The van der Waals surface area contributed by atoms with E-state index in [0.717, 1.165) is 39.2 Å². The second-order valence-electron chi connectivity index (χ2n) is 13.2. The van der Waals surface area contributed by atoms with Crippen molar-refractivity contribution in [1.82, 2.24) is 18.7 Å². The highest BCUT2D eigenvalue weighted by atomic mass is 15.1. The van der Waals surface area contributed by atoms with E-state index in [9.17, 15) is 0 Å². The van der Waals surface area contributed by atoms with Gasteiger partial charge in [-0.1, -0.05) is 103 Å². The fraction of sp³-hybridized carbons (Fsp3) is 0. The van der Waals surface area contributed by atoms with E-state index in [0.29, 0.717) is 0 Å². The minimum absolute atomic E-state index is 0.952. The third-order valence-electron chi connectivity index (χ3n) is 10.5. The number of fused-ring (bicyclic) bond motifs is 10. The minimum atomic E-state index is 0.952. The molecule has 4 heteroatoms. The molecule has 0 amide bonds. The van der Waals surface area contributed by atoms with Gasteiger partial charge in [-0.3, -0.25) is 4.57 Å². The molecule has 51 heavy (non-hydrogen) atoms. The molecular formula is C47H30N4. The van der Waals surface area contributed by atoms with Gasteiger partial charge in [0.15, 0.2) is 0 Å². The molecule has 0 radical (unpaired) electrons. The highest BCUT2D eigenvalue weighted by Gasteiger charge is 2.21. The lowest BCUT2D eigenvalue weighted by molar-refractivity contribution is 1.14. The summed E-state index contributed by atoms with van der Waals surface area (Å²) < 4.78 is 7.14. The first-order valence-electron chi connectivity index (χ1n) is 17.4. The first kappa shape index (κ1) is 28.0. The van der Waals surface area contributed by atoms with Gasteiger partial charge in [0.1, 0.15) is 5.65 Å². The standard InChI is InChI=1S/C47H30N4/c1-2-15-33(16-3-1)49-43-25-9-6-21-40(43)45-44(49)27-26-38-39-22-12-28-48-47(39)51(46(38)45)35-18-11-14-32(30-35)31-13-10-17-34(29-31)50-41-23-7-4-19-36(41)37-20-5-8-24-42(37)50/h1-30H. The molecule has 0 bridgehead atoms. The van der Waals surface area contributed by atoms with Crippen LogP contribution in [0.25, 0.3) is 93.7 Å².